The van der Waals surface area contributed by atoms with E-state index in [9.17, 15) is 4.79 Å². The number of carbonyl (C=O) groups is 1. The molecule has 0 N–H and O–H groups in total. The second-order valence-electron chi connectivity index (χ2n) is 5.88. The molecule has 0 amide bonds. The van der Waals surface area contributed by atoms with Crippen LogP contribution in [-0.2, 0) is 0 Å². The van der Waals surface area contributed by atoms with Gasteiger partial charge in [0.2, 0.25) is 0 Å². The third kappa shape index (κ3) is 2.60. The summed E-state index contributed by atoms with van der Waals surface area (Å²) in [7, 11) is 0. The van der Waals surface area contributed by atoms with E-state index in [1.165, 1.54) is 12.8 Å². The third-order valence-electron chi connectivity index (χ3n) is 4.02. The fourth-order valence-electron chi connectivity index (χ4n) is 2.48. The van der Waals surface area contributed by atoms with Gasteiger partial charge in [-0.15, -0.1) is 0 Å². The van der Waals surface area contributed by atoms with Gasteiger partial charge in [0.05, 0.1) is 13.2 Å². The van der Waals surface area contributed by atoms with Gasteiger partial charge in [0.1, 0.15) is 0 Å². The first-order valence-electron chi connectivity index (χ1n) is 7.09. The second kappa shape index (κ2) is 4.87. The van der Waals surface area contributed by atoms with Crippen LogP contribution in [0.3, 0.4) is 0 Å². The summed E-state index contributed by atoms with van der Waals surface area (Å²) in [5.74, 6) is 2.77. The minimum atomic E-state index is 0.128. The minimum Gasteiger partial charge on any atom is -0.489 e. The number of hydrogen-bond donors (Lipinski definition) is 0. The summed E-state index contributed by atoms with van der Waals surface area (Å²) >= 11 is 0. The Hall–Kier alpha value is -1.51. The summed E-state index contributed by atoms with van der Waals surface area (Å²) in [6, 6.07) is 5.56. The highest BCUT2D eigenvalue weighted by Crippen LogP contribution is 2.39. The zero-order valence-electron chi connectivity index (χ0n) is 11.5. The van der Waals surface area contributed by atoms with Crippen molar-refractivity contribution in [3.8, 4) is 11.5 Å². The predicted octanol–water partition coefficient (Wildman–Crippen LogP) is 3.32. The first-order valence-corrected chi connectivity index (χ1v) is 7.09. The molecule has 1 aromatic rings. The van der Waals surface area contributed by atoms with Gasteiger partial charge in [-0.25, -0.2) is 0 Å². The molecule has 3 rings (SSSR count). The molecule has 3 heteroatoms. The van der Waals surface area contributed by atoms with Crippen molar-refractivity contribution in [3.05, 3.63) is 23.8 Å². The molecule has 0 radical (unpaired) electrons. The predicted molar refractivity (Wildman–Crippen MR) is 72.8 cm³/mol. The Bertz CT molecular complexity index is 491. The van der Waals surface area contributed by atoms with E-state index in [1.54, 1.807) is 0 Å². The molecule has 0 spiro atoms. The molecule has 1 aromatic carbocycles. The number of ketones is 1. The number of carbonyl (C=O) groups excluding carboxylic acids is 1. The van der Waals surface area contributed by atoms with Crippen molar-refractivity contribution in [1.29, 1.82) is 0 Å². The molecule has 19 heavy (non-hydrogen) atoms. The van der Waals surface area contributed by atoms with Crippen molar-refractivity contribution >= 4 is 5.78 Å². The summed E-state index contributed by atoms with van der Waals surface area (Å²) < 4.78 is 11.4. The zero-order valence-corrected chi connectivity index (χ0v) is 11.5. The second-order valence-corrected chi connectivity index (χ2v) is 5.88. The van der Waals surface area contributed by atoms with Crippen LogP contribution >= 0.6 is 0 Å². The summed E-state index contributed by atoms with van der Waals surface area (Å²) in [5, 5.41) is 0. The maximum absolute atomic E-state index is 12.4. The number of Topliss-reactive ketones (excluding diaryl/α,β-unsaturated/α-hetero) is 1. The van der Waals surface area contributed by atoms with Crippen LogP contribution in [0.1, 0.15) is 37.0 Å². The van der Waals surface area contributed by atoms with Gasteiger partial charge < -0.3 is 9.47 Å². The van der Waals surface area contributed by atoms with E-state index in [0.29, 0.717) is 30.8 Å². The smallest absolute Gasteiger partial charge is 0.166 e. The Morgan fingerprint density at radius 1 is 1.21 bits per heavy atom. The summed E-state index contributed by atoms with van der Waals surface area (Å²) in [6.45, 7) is 5.43. The van der Waals surface area contributed by atoms with E-state index in [2.05, 4.69) is 6.92 Å². The topological polar surface area (TPSA) is 35.5 Å². The first kappa shape index (κ1) is 12.5. The van der Waals surface area contributed by atoms with Gasteiger partial charge >= 0.3 is 0 Å². The van der Waals surface area contributed by atoms with Gasteiger partial charge in [0.25, 0.3) is 0 Å². The van der Waals surface area contributed by atoms with E-state index in [1.807, 2.05) is 25.1 Å². The molecule has 2 atom stereocenters. The summed E-state index contributed by atoms with van der Waals surface area (Å²) in [4.78, 5) is 12.4. The molecule has 2 aliphatic rings. The molecule has 102 valence electrons. The van der Waals surface area contributed by atoms with Gasteiger partial charge in [-0.2, -0.15) is 0 Å². The molecular formula is C16H20O3. The van der Waals surface area contributed by atoms with Crippen molar-refractivity contribution in [2.45, 2.75) is 26.7 Å². The Labute approximate surface area is 113 Å². The number of hydrogen-bond acceptors (Lipinski definition) is 3. The van der Waals surface area contributed by atoms with Gasteiger partial charge in [-0.1, -0.05) is 13.8 Å². The largest absolute Gasteiger partial charge is 0.489 e. The normalized spacial score (nSPS) is 23.6. The van der Waals surface area contributed by atoms with Crippen LogP contribution in [0.25, 0.3) is 0 Å². The van der Waals surface area contributed by atoms with E-state index < -0.39 is 0 Å². The Morgan fingerprint density at radius 3 is 2.58 bits per heavy atom. The molecule has 3 nitrogen and oxygen atoms in total. The lowest BCUT2D eigenvalue weighted by molar-refractivity contribution is 0.0916. The van der Waals surface area contributed by atoms with E-state index in [4.69, 9.17) is 9.47 Å². The molecule has 0 aromatic heterocycles. The van der Waals surface area contributed by atoms with Crippen molar-refractivity contribution in [2.24, 2.45) is 17.8 Å². The van der Waals surface area contributed by atoms with Crippen molar-refractivity contribution in [3.63, 3.8) is 0 Å². The van der Waals surface area contributed by atoms with Gasteiger partial charge in [-0.05, 0) is 37.0 Å². The van der Waals surface area contributed by atoms with Crippen LogP contribution in [0.15, 0.2) is 18.2 Å². The summed E-state index contributed by atoms with van der Waals surface area (Å²) in [5.41, 5.74) is 0.747. The number of benzene rings is 1. The van der Waals surface area contributed by atoms with Gasteiger partial charge in [0.15, 0.2) is 17.3 Å². The van der Waals surface area contributed by atoms with E-state index >= 15 is 0 Å². The molecule has 1 aliphatic heterocycles. The van der Waals surface area contributed by atoms with E-state index in [0.717, 1.165) is 11.3 Å². The average Bonchev–Trinajstić information content (AvgIpc) is 3.25. The minimum absolute atomic E-state index is 0.128. The maximum Gasteiger partial charge on any atom is 0.166 e. The van der Waals surface area contributed by atoms with Crippen molar-refractivity contribution < 1.29 is 14.3 Å². The molecular weight excluding hydrogens is 240 g/mol. The van der Waals surface area contributed by atoms with E-state index in [-0.39, 0.29) is 11.7 Å². The highest BCUT2D eigenvalue weighted by Gasteiger charge is 2.33. The average molecular weight is 260 g/mol. The van der Waals surface area contributed by atoms with Crippen molar-refractivity contribution in [2.75, 3.05) is 13.2 Å². The Morgan fingerprint density at radius 2 is 1.89 bits per heavy atom. The number of rotatable bonds is 3. The fourth-order valence-corrected chi connectivity index (χ4v) is 2.48. The monoisotopic (exact) mass is 260 g/mol. The highest BCUT2D eigenvalue weighted by molar-refractivity contribution is 5.98. The molecule has 1 heterocycles. The lowest BCUT2D eigenvalue weighted by Gasteiger charge is -2.12. The molecule has 2 unspecified atom stereocenters. The van der Waals surface area contributed by atoms with Crippen LogP contribution < -0.4 is 9.47 Å². The van der Waals surface area contributed by atoms with Crippen LogP contribution in [0.5, 0.6) is 11.5 Å². The van der Waals surface area contributed by atoms with Gasteiger partial charge in [-0.3, -0.25) is 4.79 Å². The molecule has 1 aliphatic carbocycles. The molecule has 1 saturated carbocycles. The molecule has 0 saturated heterocycles. The van der Waals surface area contributed by atoms with Gasteiger partial charge in [0, 0.05) is 17.4 Å². The van der Waals surface area contributed by atoms with Crippen LogP contribution in [0.4, 0.5) is 0 Å². The van der Waals surface area contributed by atoms with Crippen LogP contribution in [0, 0.1) is 17.8 Å². The highest BCUT2D eigenvalue weighted by atomic mass is 16.5. The van der Waals surface area contributed by atoms with Crippen molar-refractivity contribution in [1.82, 2.24) is 0 Å². The fraction of sp³-hybridized carbons (Fsp3) is 0.562. The number of fused-ring (bicyclic) bond motifs is 1. The maximum atomic E-state index is 12.4. The lowest BCUT2D eigenvalue weighted by atomic mass is 9.95. The third-order valence-corrected chi connectivity index (χ3v) is 4.02. The van der Waals surface area contributed by atoms with Crippen LogP contribution in [0.2, 0.25) is 0 Å². The van der Waals surface area contributed by atoms with Crippen LogP contribution in [-0.4, -0.2) is 19.0 Å². The summed E-state index contributed by atoms with van der Waals surface area (Å²) in [6.07, 6.45) is 2.38. The molecule has 1 fully saturated rings. The Kier molecular flexibility index (Phi) is 3.21. The SMILES string of the molecule is CC1COc2ccc(C(=O)C(C)C3CC3)cc2OC1. The standard InChI is InChI=1S/C16H20O3/c1-10-8-18-14-6-5-13(7-15(14)19-9-10)16(17)11(2)12-3-4-12/h5-7,10-12H,3-4,8-9H2,1-2H3. The first-order chi connectivity index (χ1) is 9.15. The quantitative estimate of drug-likeness (QED) is 0.782. The Balaban J connectivity index is 1.82. The zero-order chi connectivity index (χ0) is 13.4. The number of ether oxygens (including phenoxy) is 2. The molecule has 0 bridgehead atoms. The lowest BCUT2D eigenvalue weighted by Crippen LogP contribution is -2.13.